The number of nitrogens with one attached hydrogen (secondary N) is 1. The number of carbonyl (C=O) groups is 1. The second-order valence-electron chi connectivity index (χ2n) is 4.18. The van der Waals surface area contributed by atoms with Crippen molar-refractivity contribution < 1.29 is 13.2 Å². The van der Waals surface area contributed by atoms with E-state index in [0.29, 0.717) is 11.0 Å². The van der Waals surface area contributed by atoms with Crippen LogP contribution in [0.1, 0.15) is 13.8 Å². The van der Waals surface area contributed by atoms with Crippen molar-refractivity contribution in [3.05, 3.63) is 11.1 Å². The van der Waals surface area contributed by atoms with Crippen molar-refractivity contribution in [1.29, 1.82) is 0 Å². The molecule has 2 atom stereocenters. The van der Waals surface area contributed by atoms with E-state index in [0.717, 1.165) is 0 Å². The van der Waals surface area contributed by atoms with E-state index < -0.39 is 15.1 Å². The molecule has 0 aliphatic carbocycles. The SMILES string of the molecule is C=C(Br)CNC(=O)N1CCS(=O)(=O)C(C)C1C. The molecule has 1 aliphatic rings. The lowest BCUT2D eigenvalue weighted by atomic mass is 10.2. The van der Waals surface area contributed by atoms with Crippen LogP contribution in [0.15, 0.2) is 11.1 Å². The molecule has 1 fully saturated rings. The Kier molecular flexibility index (Phi) is 4.60. The first kappa shape index (κ1) is 14.5. The fraction of sp³-hybridized carbons (Fsp3) is 0.700. The van der Waals surface area contributed by atoms with E-state index in [1.807, 2.05) is 0 Å². The van der Waals surface area contributed by atoms with Crippen LogP contribution < -0.4 is 5.32 Å². The number of nitrogens with zero attached hydrogens (tertiary/aromatic N) is 1. The number of rotatable bonds is 2. The zero-order valence-corrected chi connectivity index (χ0v) is 12.3. The Morgan fingerprint density at radius 3 is 2.65 bits per heavy atom. The molecule has 2 amide bonds. The van der Waals surface area contributed by atoms with Gasteiger partial charge >= 0.3 is 6.03 Å². The van der Waals surface area contributed by atoms with Crippen molar-refractivity contribution in [2.45, 2.75) is 25.1 Å². The first-order chi connectivity index (χ1) is 7.75. The van der Waals surface area contributed by atoms with Crippen LogP contribution in [0.4, 0.5) is 4.79 Å². The molecular weight excluding hydrogens is 308 g/mol. The highest BCUT2D eigenvalue weighted by Gasteiger charge is 2.37. The maximum atomic E-state index is 11.8. The molecule has 1 rings (SSSR count). The molecule has 0 spiro atoms. The van der Waals surface area contributed by atoms with Gasteiger partial charge in [0.1, 0.15) is 0 Å². The monoisotopic (exact) mass is 324 g/mol. The molecule has 1 saturated heterocycles. The smallest absolute Gasteiger partial charge is 0.317 e. The lowest BCUT2D eigenvalue weighted by Crippen LogP contribution is -2.56. The number of halogens is 1. The van der Waals surface area contributed by atoms with Gasteiger partial charge in [-0.05, 0) is 13.8 Å². The number of carbonyl (C=O) groups excluding carboxylic acids is 1. The van der Waals surface area contributed by atoms with Gasteiger partial charge in [-0.15, -0.1) is 0 Å². The third kappa shape index (κ3) is 3.45. The Balaban J connectivity index is 2.68. The molecule has 98 valence electrons. The minimum atomic E-state index is -3.06. The van der Waals surface area contributed by atoms with E-state index in [-0.39, 0.29) is 24.4 Å². The van der Waals surface area contributed by atoms with E-state index in [4.69, 9.17) is 0 Å². The van der Waals surface area contributed by atoms with Gasteiger partial charge in [0.25, 0.3) is 0 Å². The quantitative estimate of drug-likeness (QED) is 0.827. The normalized spacial score (nSPS) is 27.6. The summed E-state index contributed by atoms with van der Waals surface area (Å²) in [5.41, 5.74) is 0. The van der Waals surface area contributed by atoms with Gasteiger partial charge in [-0.2, -0.15) is 0 Å². The number of hydrogen-bond donors (Lipinski definition) is 1. The summed E-state index contributed by atoms with van der Waals surface area (Å²) < 4.78 is 24.0. The summed E-state index contributed by atoms with van der Waals surface area (Å²) in [5, 5.41) is 2.16. The first-order valence-corrected chi connectivity index (χ1v) is 7.86. The van der Waals surface area contributed by atoms with E-state index in [9.17, 15) is 13.2 Å². The van der Waals surface area contributed by atoms with E-state index in [2.05, 4.69) is 27.8 Å². The van der Waals surface area contributed by atoms with Crippen molar-refractivity contribution in [2.75, 3.05) is 18.8 Å². The summed E-state index contributed by atoms with van der Waals surface area (Å²) >= 11 is 3.15. The largest absolute Gasteiger partial charge is 0.333 e. The van der Waals surface area contributed by atoms with Crippen LogP contribution >= 0.6 is 15.9 Å². The summed E-state index contributed by atoms with van der Waals surface area (Å²) in [4.78, 5) is 13.4. The summed E-state index contributed by atoms with van der Waals surface area (Å²) in [6, 6.07) is -0.558. The second kappa shape index (κ2) is 5.39. The molecule has 0 saturated carbocycles. The Labute approximate surface area is 110 Å². The highest BCUT2D eigenvalue weighted by Crippen LogP contribution is 2.19. The Morgan fingerprint density at radius 2 is 2.12 bits per heavy atom. The van der Waals surface area contributed by atoms with Crippen LogP contribution in [0.5, 0.6) is 0 Å². The third-order valence-corrected chi connectivity index (χ3v) is 5.61. The zero-order valence-electron chi connectivity index (χ0n) is 9.94. The molecule has 0 aromatic rings. The fourth-order valence-electron chi connectivity index (χ4n) is 1.73. The Bertz CT molecular complexity index is 421. The molecule has 0 aromatic heterocycles. The van der Waals surface area contributed by atoms with Crippen molar-refractivity contribution in [1.82, 2.24) is 10.2 Å². The number of amides is 2. The average Bonchev–Trinajstić information content (AvgIpc) is 2.23. The molecule has 0 bridgehead atoms. The molecular formula is C10H17BrN2O3S. The standard InChI is InChI=1S/C10H17BrN2O3S/c1-7(11)6-12-10(14)13-4-5-17(15,16)9(3)8(13)2/h8-9H,1,4-6H2,2-3H3,(H,12,14). The van der Waals surface area contributed by atoms with Crippen molar-refractivity contribution in [3.8, 4) is 0 Å². The van der Waals surface area contributed by atoms with E-state index in [1.54, 1.807) is 18.7 Å². The van der Waals surface area contributed by atoms with Crippen molar-refractivity contribution >= 4 is 31.8 Å². The molecule has 1 aliphatic heterocycles. The van der Waals surface area contributed by atoms with Gasteiger partial charge in [0.15, 0.2) is 9.84 Å². The predicted molar refractivity (Wildman–Crippen MR) is 70.9 cm³/mol. The molecule has 0 aromatic carbocycles. The first-order valence-electron chi connectivity index (χ1n) is 5.35. The summed E-state index contributed by atoms with van der Waals surface area (Å²) in [5.74, 6) is 0.0290. The highest BCUT2D eigenvalue weighted by atomic mass is 79.9. The van der Waals surface area contributed by atoms with Gasteiger partial charge in [-0.3, -0.25) is 0 Å². The van der Waals surface area contributed by atoms with E-state index >= 15 is 0 Å². The zero-order chi connectivity index (χ0) is 13.2. The van der Waals surface area contributed by atoms with Crippen LogP contribution in [0.25, 0.3) is 0 Å². The second-order valence-corrected chi connectivity index (χ2v) is 7.78. The van der Waals surface area contributed by atoms with Crippen LogP contribution in [-0.4, -0.2) is 49.5 Å². The van der Waals surface area contributed by atoms with Gasteiger partial charge in [-0.25, -0.2) is 13.2 Å². The van der Waals surface area contributed by atoms with Crippen LogP contribution in [0.3, 0.4) is 0 Å². The molecule has 2 unspecified atom stereocenters. The van der Waals surface area contributed by atoms with Gasteiger partial charge in [0.2, 0.25) is 0 Å². The van der Waals surface area contributed by atoms with Gasteiger partial charge in [0, 0.05) is 17.1 Å². The number of urea groups is 1. The maximum Gasteiger partial charge on any atom is 0.317 e. The van der Waals surface area contributed by atoms with Crippen LogP contribution in [0, 0.1) is 0 Å². The minimum absolute atomic E-state index is 0.0290. The van der Waals surface area contributed by atoms with Crippen molar-refractivity contribution in [3.63, 3.8) is 0 Å². The minimum Gasteiger partial charge on any atom is -0.333 e. The summed E-state index contributed by atoms with van der Waals surface area (Å²) in [6.07, 6.45) is 0. The van der Waals surface area contributed by atoms with Crippen LogP contribution in [0.2, 0.25) is 0 Å². The van der Waals surface area contributed by atoms with E-state index in [1.165, 1.54) is 0 Å². The summed E-state index contributed by atoms with van der Waals surface area (Å²) in [7, 11) is -3.06. The maximum absolute atomic E-state index is 11.8. The topological polar surface area (TPSA) is 66.5 Å². The Hall–Kier alpha value is -0.560. The van der Waals surface area contributed by atoms with Gasteiger partial charge < -0.3 is 10.2 Å². The fourth-order valence-corrected chi connectivity index (χ4v) is 3.44. The third-order valence-electron chi connectivity index (χ3n) is 3.05. The van der Waals surface area contributed by atoms with Crippen LogP contribution in [-0.2, 0) is 9.84 Å². The molecule has 1 N–H and O–H groups in total. The number of sulfone groups is 1. The summed E-state index contributed by atoms with van der Waals surface area (Å²) in [6.45, 7) is 7.59. The lowest BCUT2D eigenvalue weighted by Gasteiger charge is -2.37. The number of hydrogen-bond acceptors (Lipinski definition) is 3. The molecule has 1 heterocycles. The van der Waals surface area contributed by atoms with Crippen molar-refractivity contribution in [2.24, 2.45) is 0 Å². The molecule has 5 nitrogen and oxygen atoms in total. The Morgan fingerprint density at radius 1 is 1.53 bits per heavy atom. The molecule has 17 heavy (non-hydrogen) atoms. The average molecular weight is 325 g/mol. The lowest BCUT2D eigenvalue weighted by molar-refractivity contribution is 0.179. The molecule has 0 radical (unpaired) electrons. The van der Waals surface area contributed by atoms with Gasteiger partial charge in [0.05, 0.1) is 17.5 Å². The highest BCUT2D eigenvalue weighted by molar-refractivity contribution is 9.11. The predicted octanol–water partition coefficient (Wildman–Crippen LogP) is 1.11. The molecule has 7 heteroatoms. The van der Waals surface area contributed by atoms with Gasteiger partial charge in [-0.1, -0.05) is 22.5 Å².